The largest absolute Gasteiger partial charge is 0.360 e. The number of nitrogens with one attached hydrogen (secondary N) is 1. The van der Waals surface area contributed by atoms with Crippen LogP contribution < -0.4 is 5.32 Å². The molecule has 18 heavy (non-hydrogen) atoms. The Kier molecular flexibility index (Phi) is 3.70. The number of halogens is 1. The fraction of sp³-hybridized carbons (Fsp3) is 0.462. The van der Waals surface area contributed by atoms with Gasteiger partial charge in [-0.15, -0.1) is 0 Å². The molecule has 1 N–H and O–H groups in total. The van der Waals surface area contributed by atoms with Crippen LogP contribution in [0.3, 0.4) is 0 Å². The first-order valence-corrected chi connectivity index (χ1v) is 8.09. The Balaban J connectivity index is 1.67. The van der Waals surface area contributed by atoms with Gasteiger partial charge in [0.1, 0.15) is 5.82 Å². The third kappa shape index (κ3) is 2.78. The van der Waals surface area contributed by atoms with E-state index < -0.39 is 0 Å². The molecule has 0 aliphatic carbocycles. The summed E-state index contributed by atoms with van der Waals surface area (Å²) < 4.78 is 14.1. The first-order chi connectivity index (χ1) is 8.81. The van der Waals surface area contributed by atoms with Crippen LogP contribution in [0, 0.1) is 5.82 Å². The molecule has 1 saturated heterocycles. The Labute approximate surface area is 114 Å². The predicted molar refractivity (Wildman–Crippen MR) is 78.2 cm³/mol. The molecule has 0 amide bonds. The first-order valence-electron chi connectivity index (χ1n) is 6.23. The van der Waals surface area contributed by atoms with Gasteiger partial charge < -0.3 is 5.32 Å². The Hall–Kier alpha value is -0.810. The number of aromatic nitrogens is 1. The number of hydrogen-bond donors (Lipinski definition) is 1. The molecule has 1 aliphatic rings. The van der Waals surface area contributed by atoms with Crippen molar-refractivity contribution in [1.82, 2.24) is 4.98 Å². The molecule has 5 heteroatoms. The van der Waals surface area contributed by atoms with Crippen molar-refractivity contribution in [3.8, 4) is 0 Å². The second kappa shape index (κ2) is 5.45. The van der Waals surface area contributed by atoms with Gasteiger partial charge in [-0.1, -0.05) is 17.8 Å². The Morgan fingerprint density at radius 1 is 1.39 bits per heavy atom. The van der Waals surface area contributed by atoms with Gasteiger partial charge in [0, 0.05) is 17.9 Å². The van der Waals surface area contributed by atoms with Crippen molar-refractivity contribution in [2.75, 3.05) is 17.6 Å². The maximum atomic E-state index is 13.1. The van der Waals surface area contributed by atoms with Gasteiger partial charge in [0.25, 0.3) is 0 Å². The molecule has 0 radical (unpaired) electrons. The highest BCUT2D eigenvalue weighted by Gasteiger charge is 2.14. The average Bonchev–Trinajstić information content (AvgIpc) is 2.79. The zero-order valence-electron chi connectivity index (χ0n) is 9.99. The summed E-state index contributed by atoms with van der Waals surface area (Å²) in [4.78, 5) is 4.42. The first kappa shape index (κ1) is 12.2. The van der Waals surface area contributed by atoms with E-state index in [1.54, 1.807) is 17.4 Å². The normalized spacial score (nSPS) is 20.2. The lowest BCUT2D eigenvalue weighted by atomic mass is 10.2. The van der Waals surface area contributed by atoms with E-state index in [2.05, 4.69) is 10.3 Å². The van der Waals surface area contributed by atoms with Gasteiger partial charge in [-0.25, -0.2) is 9.37 Å². The molecule has 0 bridgehead atoms. The van der Waals surface area contributed by atoms with Crippen LogP contribution in [-0.2, 0) is 0 Å². The maximum absolute atomic E-state index is 13.1. The summed E-state index contributed by atoms with van der Waals surface area (Å²) in [6.07, 6.45) is 3.98. The SMILES string of the molecule is Fc1ccc2sc(NCC3CCCCS3)nc2c1. The molecular weight excluding hydrogens is 267 g/mol. The second-order valence-corrected chi connectivity index (χ2v) is 6.94. The monoisotopic (exact) mass is 282 g/mol. The molecule has 0 saturated carbocycles. The van der Waals surface area contributed by atoms with Gasteiger partial charge in [-0.2, -0.15) is 11.8 Å². The van der Waals surface area contributed by atoms with Crippen LogP contribution in [0.2, 0.25) is 0 Å². The number of anilines is 1. The average molecular weight is 282 g/mol. The van der Waals surface area contributed by atoms with Gasteiger partial charge in [0.05, 0.1) is 10.2 Å². The highest BCUT2D eigenvalue weighted by Crippen LogP contribution is 2.28. The van der Waals surface area contributed by atoms with E-state index >= 15 is 0 Å². The van der Waals surface area contributed by atoms with Crippen molar-refractivity contribution in [2.45, 2.75) is 24.5 Å². The van der Waals surface area contributed by atoms with E-state index in [0.717, 1.165) is 21.9 Å². The van der Waals surface area contributed by atoms with Crippen molar-refractivity contribution in [3.63, 3.8) is 0 Å². The summed E-state index contributed by atoms with van der Waals surface area (Å²) >= 11 is 3.64. The zero-order valence-corrected chi connectivity index (χ0v) is 11.6. The summed E-state index contributed by atoms with van der Waals surface area (Å²) in [6.45, 7) is 0.965. The molecule has 2 nitrogen and oxygen atoms in total. The summed E-state index contributed by atoms with van der Waals surface area (Å²) in [7, 11) is 0. The fourth-order valence-electron chi connectivity index (χ4n) is 2.15. The van der Waals surface area contributed by atoms with Gasteiger partial charge in [0.15, 0.2) is 5.13 Å². The van der Waals surface area contributed by atoms with Gasteiger partial charge >= 0.3 is 0 Å². The van der Waals surface area contributed by atoms with Gasteiger partial charge in [0.2, 0.25) is 0 Å². The minimum Gasteiger partial charge on any atom is -0.360 e. The summed E-state index contributed by atoms with van der Waals surface area (Å²) in [5.74, 6) is 1.06. The van der Waals surface area contributed by atoms with E-state index in [0.29, 0.717) is 5.25 Å². The molecule has 2 heterocycles. The minimum atomic E-state index is -0.220. The molecule has 96 valence electrons. The number of fused-ring (bicyclic) bond motifs is 1. The molecule has 1 unspecified atom stereocenters. The fourth-order valence-corrected chi connectivity index (χ4v) is 4.24. The highest BCUT2D eigenvalue weighted by atomic mass is 32.2. The number of thiazole rings is 1. The van der Waals surface area contributed by atoms with E-state index in [1.165, 1.54) is 37.1 Å². The third-order valence-electron chi connectivity index (χ3n) is 3.10. The topological polar surface area (TPSA) is 24.9 Å². The predicted octanol–water partition coefficient (Wildman–Crippen LogP) is 4.13. The summed E-state index contributed by atoms with van der Waals surface area (Å²) in [5.41, 5.74) is 0.749. The smallest absolute Gasteiger partial charge is 0.183 e. The van der Waals surface area contributed by atoms with Crippen LogP contribution in [0.4, 0.5) is 9.52 Å². The third-order valence-corrected chi connectivity index (χ3v) is 5.50. The summed E-state index contributed by atoms with van der Waals surface area (Å²) in [6, 6.07) is 4.77. The van der Waals surface area contributed by atoms with Crippen LogP contribution in [0.25, 0.3) is 10.2 Å². The lowest BCUT2D eigenvalue weighted by molar-refractivity contribution is 0.629. The van der Waals surface area contributed by atoms with E-state index in [9.17, 15) is 4.39 Å². The molecule has 1 aliphatic heterocycles. The Morgan fingerprint density at radius 3 is 3.17 bits per heavy atom. The molecule has 1 aromatic carbocycles. The van der Waals surface area contributed by atoms with Crippen molar-refractivity contribution in [2.24, 2.45) is 0 Å². The van der Waals surface area contributed by atoms with Crippen molar-refractivity contribution in [3.05, 3.63) is 24.0 Å². The van der Waals surface area contributed by atoms with E-state index in [1.807, 2.05) is 11.8 Å². The lowest BCUT2D eigenvalue weighted by Crippen LogP contribution is -2.19. The second-order valence-electron chi connectivity index (χ2n) is 4.50. The van der Waals surface area contributed by atoms with Crippen LogP contribution in [0.1, 0.15) is 19.3 Å². The number of rotatable bonds is 3. The number of benzene rings is 1. The van der Waals surface area contributed by atoms with Crippen molar-refractivity contribution >= 4 is 38.4 Å². The Morgan fingerprint density at radius 2 is 2.33 bits per heavy atom. The van der Waals surface area contributed by atoms with Gasteiger partial charge in [-0.3, -0.25) is 0 Å². The van der Waals surface area contributed by atoms with Gasteiger partial charge in [-0.05, 0) is 30.7 Å². The van der Waals surface area contributed by atoms with Crippen molar-refractivity contribution in [1.29, 1.82) is 0 Å². The molecule has 1 fully saturated rings. The van der Waals surface area contributed by atoms with E-state index in [4.69, 9.17) is 0 Å². The number of nitrogens with zero attached hydrogens (tertiary/aromatic N) is 1. The summed E-state index contributed by atoms with van der Waals surface area (Å²) in [5, 5.41) is 4.99. The quantitative estimate of drug-likeness (QED) is 0.916. The Bertz CT molecular complexity index is 535. The number of thioether (sulfide) groups is 1. The molecule has 1 aromatic heterocycles. The van der Waals surface area contributed by atoms with Crippen molar-refractivity contribution < 1.29 is 4.39 Å². The highest BCUT2D eigenvalue weighted by molar-refractivity contribution is 7.99. The standard InChI is InChI=1S/C13H15FN2S2/c14-9-4-5-12-11(7-9)16-13(18-12)15-8-10-3-1-2-6-17-10/h4-5,7,10H,1-3,6,8H2,(H,15,16). The van der Waals surface area contributed by atoms with Crippen LogP contribution in [-0.4, -0.2) is 22.5 Å². The molecule has 3 rings (SSSR count). The molecule has 0 spiro atoms. The van der Waals surface area contributed by atoms with E-state index in [-0.39, 0.29) is 5.82 Å². The zero-order chi connectivity index (χ0) is 12.4. The van der Waals surface area contributed by atoms with Crippen LogP contribution in [0.15, 0.2) is 18.2 Å². The van der Waals surface area contributed by atoms with Crippen LogP contribution >= 0.6 is 23.1 Å². The molecule has 2 aromatic rings. The number of hydrogen-bond acceptors (Lipinski definition) is 4. The maximum Gasteiger partial charge on any atom is 0.183 e. The molecular formula is C13H15FN2S2. The molecule has 1 atom stereocenters. The van der Waals surface area contributed by atoms with Crippen LogP contribution in [0.5, 0.6) is 0 Å². The lowest BCUT2D eigenvalue weighted by Gasteiger charge is -2.21. The minimum absolute atomic E-state index is 0.220.